The van der Waals surface area contributed by atoms with Crippen LogP contribution in [0, 0.1) is 0 Å². The molecule has 3 nitrogen and oxygen atoms in total. The van der Waals surface area contributed by atoms with E-state index >= 15 is 0 Å². The number of hydrogen-bond acceptors (Lipinski definition) is 1. The molecular formula is C14H11ClF3NO2. The van der Waals surface area contributed by atoms with Crippen LogP contribution in [0.1, 0.15) is 23.0 Å². The van der Waals surface area contributed by atoms with E-state index in [1.165, 1.54) is 22.8 Å². The molecule has 0 fully saturated rings. The molecule has 0 amide bonds. The first-order chi connectivity index (χ1) is 9.75. The summed E-state index contributed by atoms with van der Waals surface area (Å²) in [6, 6.07) is 5.94. The summed E-state index contributed by atoms with van der Waals surface area (Å²) in [5.74, 6) is -1.11. The first-order valence-electron chi connectivity index (χ1n) is 6.05. The van der Waals surface area contributed by atoms with Gasteiger partial charge in [-0.3, -0.25) is 0 Å². The summed E-state index contributed by atoms with van der Waals surface area (Å²) >= 11 is 5.93. The summed E-state index contributed by atoms with van der Waals surface area (Å²) in [5, 5.41) is 9.00. The van der Waals surface area contributed by atoms with Crippen LogP contribution in [0.3, 0.4) is 0 Å². The summed E-state index contributed by atoms with van der Waals surface area (Å²) in [5.41, 5.74) is 0.0421. The average Bonchev–Trinajstić information content (AvgIpc) is 2.81. The van der Waals surface area contributed by atoms with Crippen LogP contribution in [0.2, 0.25) is 5.02 Å². The number of benzene rings is 1. The van der Waals surface area contributed by atoms with Gasteiger partial charge in [-0.15, -0.1) is 0 Å². The van der Waals surface area contributed by atoms with Crippen molar-refractivity contribution >= 4 is 17.6 Å². The second-order valence-corrected chi connectivity index (χ2v) is 4.75. The van der Waals surface area contributed by atoms with Crippen LogP contribution in [0.4, 0.5) is 13.2 Å². The molecule has 0 unspecified atom stereocenters. The minimum absolute atomic E-state index is 0.0588. The second-order valence-electron chi connectivity index (χ2n) is 4.35. The van der Waals surface area contributed by atoms with E-state index in [0.717, 1.165) is 12.1 Å². The zero-order chi connectivity index (χ0) is 15.8. The molecule has 0 saturated heterocycles. The number of nitrogens with zero attached hydrogens (tertiary/aromatic N) is 1. The summed E-state index contributed by atoms with van der Waals surface area (Å²) in [7, 11) is 0. The lowest BCUT2D eigenvalue weighted by Crippen LogP contribution is -2.09. The van der Waals surface area contributed by atoms with E-state index < -0.39 is 17.7 Å². The van der Waals surface area contributed by atoms with Gasteiger partial charge < -0.3 is 9.67 Å². The predicted octanol–water partition coefficient (Wildman–Crippen LogP) is 4.55. The number of aromatic nitrogens is 1. The van der Waals surface area contributed by atoms with E-state index in [-0.39, 0.29) is 10.7 Å². The standard InChI is InChI=1S/C14H11ClF3NO2/c1-2-19-11(5-6-12(19)13(20)21)9-4-3-8(7-10(9)15)14(16,17)18/h3-7H,2H2,1H3,(H,20,21). The molecule has 0 saturated carbocycles. The highest BCUT2D eigenvalue weighted by Gasteiger charge is 2.31. The fourth-order valence-electron chi connectivity index (χ4n) is 2.13. The second kappa shape index (κ2) is 5.44. The van der Waals surface area contributed by atoms with Crippen molar-refractivity contribution in [1.82, 2.24) is 4.57 Å². The van der Waals surface area contributed by atoms with Crippen LogP contribution < -0.4 is 0 Å². The third-order valence-corrected chi connectivity index (χ3v) is 3.40. The van der Waals surface area contributed by atoms with Gasteiger partial charge in [0.2, 0.25) is 0 Å². The Morgan fingerprint density at radius 3 is 2.43 bits per heavy atom. The number of aromatic carboxylic acids is 1. The van der Waals surface area contributed by atoms with Crippen molar-refractivity contribution in [2.24, 2.45) is 0 Å². The normalized spacial score (nSPS) is 11.7. The van der Waals surface area contributed by atoms with E-state index in [0.29, 0.717) is 17.8 Å². The molecule has 0 aliphatic carbocycles. The van der Waals surface area contributed by atoms with Gasteiger partial charge >= 0.3 is 12.1 Å². The van der Waals surface area contributed by atoms with Crippen LogP contribution in [0.25, 0.3) is 11.3 Å². The van der Waals surface area contributed by atoms with E-state index in [1.54, 1.807) is 6.92 Å². The highest BCUT2D eigenvalue weighted by Crippen LogP contribution is 2.36. The molecule has 21 heavy (non-hydrogen) atoms. The van der Waals surface area contributed by atoms with Crippen molar-refractivity contribution in [2.45, 2.75) is 19.6 Å². The van der Waals surface area contributed by atoms with Gasteiger partial charge in [0.15, 0.2) is 0 Å². The minimum Gasteiger partial charge on any atom is -0.477 e. The van der Waals surface area contributed by atoms with Crippen LogP contribution >= 0.6 is 11.6 Å². The Morgan fingerprint density at radius 1 is 1.29 bits per heavy atom. The van der Waals surface area contributed by atoms with Crippen LogP contribution in [0.15, 0.2) is 30.3 Å². The quantitative estimate of drug-likeness (QED) is 0.902. The van der Waals surface area contributed by atoms with Crippen LogP contribution in [-0.4, -0.2) is 15.6 Å². The molecule has 0 aliphatic heterocycles. The van der Waals surface area contributed by atoms with Gasteiger partial charge in [-0.25, -0.2) is 4.79 Å². The molecule has 7 heteroatoms. The molecule has 2 rings (SSSR count). The fourth-order valence-corrected chi connectivity index (χ4v) is 2.41. The average molecular weight is 318 g/mol. The number of carbonyl (C=O) groups is 1. The lowest BCUT2D eigenvalue weighted by atomic mass is 10.1. The summed E-state index contributed by atoms with van der Waals surface area (Å²) in [6.45, 7) is 2.11. The predicted molar refractivity (Wildman–Crippen MR) is 72.5 cm³/mol. The van der Waals surface area contributed by atoms with Crippen molar-refractivity contribution in [1.29, 1.82) is 0 Å². The van der Waals surface area contributed by atoms with E-state index in [1.807, 2.05) is 0 Å². The van der Waals surface area contributed by atoms with E-state index in [4.69, 9.17) is 16.7 Å². The molecule has 0 bridgehead atoms. The highest BCUT2D eigenvalue weighted by molar-refractivity contribution is 6.33. The van der Waals surface area contributed by atoms with E-state index in [2.05, 4.69) is 0 Å². The molecule has 1 aromatic carbocycles. The van der Waals surface area contributed by atoms with Crippen molar-refractivity contribution < 1.29 is 23.1 Å². The first-order valence-corrected chi connectivity index (χ1v) is 6.43. The van der Waals surface area contributed by atoms with Gasteiger partial charge in [-0.1, -0.05) is 17.7 Å². The molecule has 112 valence electrons. The molecule has 0 aliphatic rings. The van der Waals surface area contributed by atoms with E-state index in [9.17, 15) is 18.0 Å². The Balaban J connectivity index is 2.56. The number of hydrogen-bond donors (Lipinski definition) is 1. The SMILES string of the molecule is CCn1c(C(=O)O)ccc1-c1ccc(C(F)(F)F)cc1Cl. The van der Waals surface area contributed by atoms with Gasteiger partial charge in [-0.2, -0.15) is 13.2 Å². The lowest BCUT2D eigenvalue weighted by molar-refractivity contribution is -0.137. The van der Waals surface area contributed by atoms with Crippen molar-refractivity contribution in [2.75, 3.05) is 0 Å². The van der Waals surface area contributed by atoms with Crippen molar-refractivity contribution in [3.05, 3.63) is 46.6 Å². The lowest BCUT2D eigenvalue weighted by Gasteiger charge is -2.12. The van der Waals surface area contributed by atoms with Crippen LogP contribution in [-0.2, 0) is 12.7 Å². The van der Waals surface area contributed by atoms with Crippen LogP contribution in [0.5, 0.6) is 0 Å². The Kier molecular flexibility index (Phi) is 4.00. The zero-order valence-electron chi connectivity index (χ0n) is 10.9. The molecule has 0 atom stereocenters. The maximum atomic E-state index is 12.6. The van der Waals surface area contributed by atoms with Crippen molar-refractivity contribution in [3.63, 3.8) is 0 Å². The van der Waals surface area contributed by atoms with Gasteiger partial charge in [0.1, 0.15) is 5.69 Å². The maximum absolute atomic E-state index is 12.6. The Hall–Kier alpha value is -1.95. The number of carboxylic acids is 1. The van der Waals surface area contributed by atoms with Gasteiger partial charge in [0.05, 0.1) is 16.3 Å². The minimum atomic E-state index is -4.47. The van der Waals surface area contributed by atoms with Gasteiger partial charge in [0, 0.05) is 12.1 Å². The van der Waals surface area contributed by atoms with Gasteiger partial charge in [0.25, 0.3) is 0 Å². The smallest absolute Gasteiger partial charge is 0.416 e. The maximum Gasteiger partial charge on any atom is 0.416 e. The topological polar surface area (TPSA) is 42.2 Å². The Morgan fingerprint density at radius 2 is 1.95 bits per heavy atom. The number of alkyl halides is 3. The molecule has 1 N–H and O–H groups in total. The largest absolute Gasteiger partial charge is 0.477 e. The fraction of sp³-hybridized carbons (Fsp3) is 0.214. The Labute approximate surface area is 123 Å². The number of halogens is 4. The number of carboxylic acid groups (broad SMARTS) is 1. The first kappa shape index (κ1) is 15.4. The summed E-state index contributed by atoms with van der Waals surface area (Å²) in [4.78, 5) is 11.1. The molecule has 0 spiro atoms. The number of rotatable bonds is 3. The molecule has 2 aromatic rings. The van der Waals surface area contributed by atoms with Gasteiger partial charge in [-0.05, 0) is 31.2 Å². The monoisotopic (exact) mass is 317 g/mol. The zero-order valence-corrected chi connectivity index (χ0v) is 11.7. The third-order valence-electron chi connectivity index (χ3n) is 3.09. The highest BCUT2D eigenvalue weighted by atomic mass is 35.5. The molecule has 0 radical (unpaired) electrons. The summed E-state index contributed by atoms with van der Waals surface area (Å²) in [6.07, 6.45) is -4.47. The third kappa shape index (κ3) is 2.90. The van der Waals surface area contributed by atoms with Crippen molar-refractivity contribution in [3.8, 4) is 11.3 Å². The Bertz CT molecular complexity index is 692. The summed E-state index contributed by atoms with van der Waals surface area (Å²) < 4.78 is 39.3. The molecule has 1 aromatic heterocycles. The molecule has 1 heterocycles. The molecular weight excluding hydrogens is 307 g/mol.